The summed E-state index contributed by atoms with van der Waals surface area (Å²) in [5, 5.41) is 12.6. The van der Waals surface area contributed by atoms with Gasteiger partial charge in [-0.15, -0.1) is 5.10 Å². The van der Waals surface area contributed by atoms with Gasteiger partial charge < -0.3 is 10.3 Å². The molecular formula is C11H11N9. The van der Waals surface area contributed by atoms with Crippen molar-refractivity contribution in [2.45, 2.75) is 19.5 Å². The molecule has 0 saturated heterocycles. The van der Waals surface area contributed by atoms with Gasteiger partial charge in [-0.05, 0) is 6.42 Å². The van der Waals surface area contributed by atoms with E-state index < -0.39 is 0 Å². The zero-order chi connectivity index (χ0) is 13.9. The van der Waals surface area contributed by atoms with Gasteiger partial charge in [-0.3, -0.25) is 4.68 Å². The van der Waals surface area contributed by atoms with E-state index in [1.165, 1.54) is 6.33 Å². The predicted octanol–water partition coefficient (Wildman–Crippen LogP) is -0.0380. The quantitative estimate of drug-likeness (QED) is 0.704. The molecule has 0 saturated carbocycles. The van der Waals surface area contributed by atoms with Crippen molar-refractivity contribution >= 4 is 17.0 Å². The molecular weight excluding hydrogens is 258 g/mol. The smallest absolute Gasteiger partial charge is 0.252 e. The summed E-state index contributed by atoms with van der Waals surface area (Å²) < 4.78 is 3.55. The number of nitrogens with two attached hydrogens (primary N) is 1. The number of hydrogen-bond donors (Lipinski definition) is 1. The van der Waals surface area contributed by atoms with E-state index in [1.807, 2.05) is 10.6 Å². The van der Waals surface area contributed by atoms with Gasteiger partial charge in [0, 0.05) is 13.1 Å². The summed E-state index contributed by atoms with van der Waals surface area (Å²) >= 11 is 0. The molecule has 0 radical (unpaired) electrons. The third kappa shape index (κ3) is 2.14. The van der Waals surface area contributed by atoms with E-state index in [4.69, 9.17) is 11.0 Å². The molecule has 0 amide bonds. The minimum absolute atomic E-state index is 0.179. The molecule has 3 aromatic heterocycles. The minimum atomic E-state index is 0.179. The number of nitrogens with zero attached hydrogens (tertiary/aromatic N) is 8. The molecule has 2 N–H and O–H groups in total. The van der Waals surface area contributed by atoms with Crippen LogP contribution in [0.1, 0.15) is 12.2 Å². The lowest BCUT2D eigenvalue weighted by atomic mass is 10.4. The monoisotopic (exact) mass is 269 g/mol. The lowest BCUT2D eigenvalue weighted by Gasteiger charge is -2.03. The number of imidazole rings is 1. The van der Waals surface area contributed by atoms with Crippen molar-refractivity contribution < 1.29 is 0 Å². The Morgan fingerprint density at radius 3 is 2.85 bits per heavy atom. The summed E-state index contributed by atoms with van der Waals surface area (Å²) in [5.41, 5.74) is 7.06. The topological polar surface area (TPSA) is 124 Å². The van der Waals surface area contributed by atoms with Crippen LogP contribution in [0.3, 0.4) is 0 Å². The molecule has 0 bridgehead atoms. The Morgan fingerprint density at radius 1 is 1.15 bits per heavy atom. The average molecular weight is 269 g/mol. The first-order valence-corrected chi connectivity index (χ1v) is 5.99. The van der Waals surface area contributed by atoms with Crippen molar-refractivity contribution in [3.63, 3.8) is 0 Å². The predicted molar refractivity (Wildman–Crippen MR) is 69.1 cm³/mol. The molecule has 9 nitrogen and oxygen atoms in total. The fourth-order valence-corrected chi connectivity index (χ4v) is 1.92. The Kier molecular flexibility index (Phi) is 2.96. The highest BCUT2D eigenvalue weighted by Crippen LogP contribution is 2.14. The molecule has 3 heterocycles. The lowest BCUT2D eigenvalue weighted by molar-refractivity contribution is 0.529. The van der Waals surface area contributed by atoms with Crippen LogP contribution in [-0.4, -0.2) is 34.3 Å². The molecule has 0 atom stereocenters. The van der Waals surface area contributed by atoms with Gasteiger partial charge in [0.15, 0.2) is 11.5 Å². The van der Waals surface area contributed by atoms with Gasteiger partial charge >= 0.3 is 0 Å². The summed E-state index contributed by atoms with van der Waals surface area (Å²) in [4.78, 5) is 16.1. The van der Waals surface area contributed by atoms with Gasteiger partial charge in [-0.25, -0.2) is 19.9 Å². The Hall–Kier alpha value is -3.02. The number of anilines is 1. The maximum atomic E-state index is 8.64. The van der Waals surface area contributed by atoms with Gasteiger partial charge in [0.05, 0.1) is 6.33 Å². The SMILES string of the molecule is N#Cc1ncn(CCCn2cnc3c(N)ncnc32)n1. The van der Waals surface area contributed by atoms with Crippen LogP contribution in [0.4, 0.5) is 5.82 Å². The van der Waals surface area contributed by atoms with Crippen LogP contribution in [-0.2, 0) is 13.1 Å². The molecule has 3 rings (SSSR count). The van der Waals surface area contributed by atoms with Crippen molar-refractivity contribution in [3.05, 3.63) is 24.8 Å². The molecule has 20 heavy (non-hydrogen) atoms. The van der Waals surface area contributed by atoms with E-state index in [0.29, 0.717) is 30.1 Å². The van der Waals surface area contributed by atoms with Crippen molar-refractivity contribution in [2.24, 2.45) is 0 Å². The third-order valence-electron chi connectivity index (χ3n) is 2.85. The number of nitrogen functional groups attached to an aromatic ring is 1. The molecule has 0 fully saturated rings. The minimum Gasteiger partial charge on any atom is -0.382 e. The Morgan fingerprint density at radius 2 is 2.05 bits per heavy atom. The molecule has 0 unspecified atom stereocenters. The standard InChI is InChI=1S/C11H11N9/c12-4-8-16-7-20(18-8)3-1-2-19-6-17-9-10(13)14-5-15-11(9)19/h5-7H,1-3H2,(H2,13,14,15). The van der Waals surface area contributed by atoms with Crippen LogP contribution in [0.2, 0.25) is 0 Å². The first-order valence-electron chi connectivity index (χ1n) is 5.99. The van der Waals surface area contributed by atoms with Gasteiger partial charge in [0.1, 0.15) is 24.2 Å². The maximum Gasteiger partial charge on any atom is 0.252 e. The van der Waals surface area contributed by atoms with Crippen LogP contribution in [0.25, 0.3) is 11.2 Å². The Labute approximate surface area is 113 Å². The molecule has 0 aliphatic heterocycles. The molecule has 9 heteroatoms. The maximum absolute atomic E-state index is 8.64. The van der Waals surface area contributed by atoms with Gasteiger partial charge in [0.2, 0.25) is 0 Å². The van der Waals surface area contributed by atoms with Gasteiger partial charge in [-0.1, -0.05) is 0 Å². The van der Waals surface area contributed by atoms with Crippen LogP contribution in [0.5, 0.6) is 0 Å². The molecule has 0 aliphatic rings. The molecule has 0 aliphatic carbocycles. The van der Waals surface area contributed by atoms with Crippen molar-refractivity contribution in [1.29, 1.82) is 5.26 Å². The highest BCUT2D eigenvalue weighted by Gasteiger charge is 2.07. The first kappa shape index (κ1) is 12.0. The Balaban J connectivity index is 1.68. The summed E-state index contributed by atoms with van der Waals surface area (Å²) in [5.74, 6) is 0.558. The summed E-state index contributed by atoms with van der Waals surface area (Å²) in [6, 6.07) is 1.89. The van der Waals surface area contributed by atoms with E-state index in [2.05, 4.69) is 25.0 Å². The van der Waals surface area contributed by atoms with Crippen molar-refractivity contribution in [2.75, 3.05) is 5.73 Å². The molecule has 100 valence electrons. The molecule has 3 aromatic rings. The second-order valence-electron chi connectivity index (χ2n) is 4.17. The van der Waals surface area contributed by atoms with Crippen LogP contribution in [0, 0.1) is 11.3 Å². The summed E-state index contributed by atoms with van der Waals surface area (Å²) in [7, 11) is 0. The number of rotatable bonds is 4. The average Bonchev–Trinajstić information content (AvgIpc) is 3.07. The molecule has 0 aromatic carbocycles. The van der Waals surface area contributed by atoms with E-state index in [-0.39, 0.29) is 5.82 Å². The summed E-state index contributed by atoms with van der Waals surface area (Å²) in [6.07, 6.45) is 5.47. The number of aryl methyl sites for hydroxylation is 2. The third-order valence-corrected chi connectivity index (χ3v) is 2.85. The van der Waals surface area contributed by atoms with Gasteiger partial charge in [-0.2, -0.15) is 5.26 Å². The van der Waals surface area contributed by atoms with Crippen LogP contribution in [0.15, 0.2) is 19.0 Å². The summed E-state index contributed by atoms with van der Waals surface area (Å²) in [6.45, 7) is 1.38. The normalized spacial score (nSPS) is 10.8. The van der Waals surface area contributed by atoms with E-state index in [1.54, 1.807) is 17.3 Å². The van der Waals surface area contributed by atoms with Crippen LogP contribution >= 0.6 is 0 Å². The van der Waals surface area contributed by atoms with Crippen molar-refractivity contribution in [3.8, 4) is 6.07 Å². The van der Waals surface area contributed by atoms with Gasteiger partial charge in [0.25, 0.3) is 5.82 Å². The van der Waals surface area contributed by atoms with Crippen LogP contribution < -0.4 is 5.73 Å². The second-order valence-corrected chi connectivity index (χ2v) is 4.17. The zero-order valence-corrected chi connectivity index (χ0v) is 10.5. The highest BCUT2D eigenvalue weighted by molar-refractivity contribution is 5.80. The second kappa shape index (κ2) is 4.93. The lowest BCUT2D eigenvalue weighted by Crippen LogP contribution is -2.05. The number of aromatic nitrogens is 7. The van der Waals surface area contributed by atoms with E-state index in [0.717, 1.165) is 6.42 Å². The number of fused-ring (bicyclic) bond motifs is 1. The van der Waals surface area contributed by atoms with E-state index >= 15 is 0 Å². The van der Waals surface area contributed by atoms with Crippen molar-refractivity contribution in [1.82, 2.24) is 34.3 Å². The largest absolute Gasteiger partial charge is 0.382 e. The first-order chi connectivity index (χ1) is 9.78. The fourth-order valence-electron chi connectivity index (χ4n) is 1.92. The van der Waals surface area contributed by atoms with E-state index in [9.17, 15) is 0 Å². The number of hydrogen-bond acceptors (Lipinski definition) is 7. The molecule has 0 spiro atoms. The Bertz CT molecular complexity index is 779. The number of nitriles is 1. The zero-order valence-electron chi connectivity index (χ0n) is 10.5. The fraction of sp³-hybridized carbons (Fsp3) is 0.273. The highest BCUT2D eigenvalue weighted by atomic mass is 15.3.